The van der Waals surface area contributed by atoms with E-state index in [9.17, 15) is 0 Å². The largest absolute Gasteiger partial charge is 0.378 e. The van der Waals surface area contributed by atoms with Crippen molar-refractivity contribution in [3.8, 4) is 28.6 Å². The highest BCUT2D eigenvalue weighted by Gasteiger charge is 2.23. The lowest BCUT2D eigenvalue weighted by Gasteiger charge is -2.28. The van der Waals surface area contributed by atoms with Crippen LogP contribution in [0.4, 0.5) is 5.82 Å². The number of aryl methyl sites for hydroxylation is 3. The Morgan fingerprint density at radius 1 is 0.882 bits per heavy atom. The second-order valence-corrected chi connectivity index (χ2v) is 8.66. The van der Waals surface area contributed by atoms with Crippen molar-refractivity contribution in [3.05, 3.63) is 60.4 Å². The van der Waals surface area contributed by atoms with Crippen LogP contribution in [-0.2, 0) is 18.8 Å². The lowest BCUT2D eigenvalue weighted by atomic mass is 10.1. The molecule has 9 nitrogen and oxygen atoms in total. The zero-order valence-corrected chi connectivity index (χ0v) is 19.5. The number of anilines is 1. The summed E-state index contributed by atoms with van der Waals surface area (Å²) < 4.78 is 11.3. The van der Waals surface area contributed by atoms with Crippen LogP contribution in [0.2, 0.25) is 0 Å². The maximum absolute atomic E-state index is 5.60. The molecule has 0 atom stereocenters. The van der Waals surface area contributed by atoms with Gasteiger partial charge in [0.25, 0.3) is 5.95 Å². The third-order valence-electron chi connectivity index (χ3n) is 6.25. The Morgan fingerprint density at radius 3 is 2.47 bits per heavy atom. The van der Waals surface area contributed by atoms with Crippen molar-refractivity contribution >= 4 is 16.9 Å². The minimum Gasteiger partial charge on any atom is -0.378 e. The van der Waals surface area contributed by atoms with E-state index < -0.39 is 0 Å². The smallest absolute Gasteiger partial charge is 0.253 e. The monoisotopic (exact) mass is 454 g/mol. The van der Waals surface area contributed by atoms with E-state index in [1.807, 2.05) is 49.4 Å². The van der Waals surface area contributed by atoms with E-state index in [0.29, 0.717) is 19.2 Å². The van der Waals surface area contributed by atoms with Crippen LogP contribution in [0.15, 0.2) is 54.9 Å². The molecule has 34 heavy (non-hydrogen) atoms. The van der Waals surface area contributed by atoms with Crippen molar-refractivity contribution in [2.45, 2.75) is 6.92 Å². The number of rotatable bonds is 4. The first kappa shape index (κ1) is 20.6. The fourth-order valence-electron chi connectivity index (χ4n) is 4.51. The van der Waals surface area contributed by atoms with Gasteiger partial charge in [-0.1, -0.05) is 23.8 Å². The molecule has 0 bridgehead atoms. The van der Waals surface area contributed by atoms with Gasteiger partial charge in [-0.3, -0.25) is 4.68 Å². The van der Waals surface area contributed by atoms with Gasteiger partial charge >= 0.3 is 0 Å². The number of morpholine rings is 1. The van der Waals surface area contributed by atoms with E-state index >= 15 is 0 Å². The second kappa shape index (κ2) is 8.11. The van der Waals surface area contributed by atoms with Gasteiger partial charge in [0.15, 0.2) is 5.82 Å². The van der Waals surface area contributed by atoms with Crippen molar-refractivity contribution < 1.29 is 4.74 Å². The first-order valence-corrected chi connectivity index (χ1v) is 11.4. The van der Waals surface area contributed by atoms with Crippen LogP contribution in [0.25, 0.3) is 39.6 Å². The standard InChI is InChI=1S/C25H26N8O/c1-17-5-4-6-18(15-17)19-8-10-33(29-19)25-26-21-16-22(20-7-9-30(2)28-20)31(3)23(21)24(27-25)32-11-13-34-14-12-32/h4-10,15-16H,11-14H2,1-3H3. The topological polar surface area (TPSA) is 78.8 Å². The Balaban J connectivity index is 1.50. The molecule has 172 valence electrons. The lowest BCUT2D eigenvalue weighted by Crippen LogP contribution is -2.37. The summed E-state index contributed by atoms with van der Waals surface area (Å²) in [7, 11) is 3.97. The molecule has 0 saturated carbocycles. The average Bonchev–Trinajstić information content (AvgIpc) is 3.58. The predicted molar refractivity (Wildman–Crippen MR) is 131 cm³/mol. The molecule has 0 spiro atoms. The van der Waals surface area contributed by atoms with Crippen molar-refractivity contribution in [2.24, 2.45) is 14.1 Å². The van der Waals surface area contributed by atoms with E-state index in [4.69, 9.17) is 19.8 Å². The van der Waals surface area contributed by atoms with Gasteiger partial charge in [0.1, 0.15) is 11.2 Å². The highest BCUT2D eigenvalue weighted by molar-refractivity contribution is 5.92. The number of hydrogen-bond donors (Lipinski definition) is 0. The summed E-state index contributed by atoms with van der Waals surface area (Å²) in [5.41, 5.74) is 6.91. The number of benzene rings is 1. The second-order valence-electron chi connectivity index (χ2n) is 8.66. The van der Waals surface area contributed by atoms with Crippen LogP contribution >= 0.6 is 0 Å². The molecule has 1 aliphatic rings. The first-order chi connectivity index (χ1) is 16.6. The Labute approximate surface area is 197 Å². The van der Waals surface area contributed by atoms with Gasteiger partial charge in [0.2, 0.25) is 0 Å². The SMILES string of the molecule is Cc1cccc(-c2ccn(-c3nc(N4CCOCC4)c4c(cc(-c5ccn(C)n5)n4C)n3)n2)c1. The quantitative estimate of drug-likeness (QED) is 0.414. The zero-order chi connectivity index (χ0) is 23.2. The molecule has 0 radical (unpaired) electrons. The molecule has 0 amide bonds. The number of nitrogens with zero attached hydrogens (tertiary/aromatic N) is 8. The van der Waals surface area contributed by atoms with Gasteiger partial charge in [-0.05, 0) is 31.2 Å². The molecule has 4 aromatic heterocycles. The van der Waals surface area contributed by atoms with Gasteiger partial charge < -0.3 is 14.2 Å². The molecule has 5 heterocycles. The highest BCUT2D eigenvalue weighted by Crippen LogP contribution is 2.32. The van der Waals surface area contributed by atoms with Crippen LogP contribution in [-0.4, -0.2) is 60.4 Å². The molecule has 5 aromatic rings. The molecule has 9 heteroatoms. The summed E-state index contributed by atoms with van der Waals surface area (Å²) >= 11 is 0. The van der Waals surface area contributed by atoms with E-state index in [0.717, 1.165) is 52.6 Å². The molecule has 1 fully saturated rings. The van der Waals surface area contributed by atoms with Crippen LogP contribution in [0.5, 0.6) is 0 Å². The first-order valence-electron chi connectivity index (χ1n) is 11.4. The average molecular weight is 455 g/mol. The van der Waals surface area contributed by atoms with Crippen molar-refractivity contribution in [2.75, 3.05) is 31.2 Å². The van der Waals surface area contributed by atoms with Gasteiger partial charge in [-0.2, -0.15) is 15.2 Å². The highest BCUT2D eigenvalue weighted by atomic mass is 16.5. The molecule has 0 unspecified atom stereocenters. The molecule has 1 aliphatic heterocycles. The molecule has 6 rings (SSSR count). The van der Waals surface area contributed by atoms with Crippen LogP contribution in [0, 0.1) is 6.92 Å². The Hall–Kier alpha value is -3.98. The number of ether oxygens (including phenoxy) is 1. The minimum absolute atomic E-state index is 0.547. The minimum atomic E-state index is 0.547. The maximum atomic E-state index is 5.60. The molecular formula is C25H26N8O. The van der Waals surface area contributed by atoms with E-state index in [2.05, 4.69) is 45.8 Å². The Kier molecular flexibility index (Phi) is 4.91. The molecule has 1 aromatic carbocycles. The summed E-state index contributed by atoms with van der Waals surface area (Å²) in [5.74, 6) is 1.44. The fourth-order valence-corrected chi connectivity index (χ4v) is 4.51. The summed E-state index contributed by atoms with van der Waals surface area (Å²) in [4.78, 5) is 12.2. The predicted octanol–water partition coefficient (Wildman–Crippen LogP) is 3.37. The third-order valence-corrected chi connectivity index (χ3v) is 6.25. The normalized spacial score (nSPS) is 14.3. The lowest BCUT2D eigenvalue weighted by molar-refractivity contribution is 0.122. The summed E-state index contributed by atoms with van der Waals surface area (Å²) in [6, 6.07) is 14.4. The van der Waals surface area contributed by atoms with Gasteiger partial charge in [-0.15, -0.1) is 0 Å². The van der Waals surface area contributed by atoms with Gasteiger partial charge in [-0.25, -0.2) is 9.67 Å². The zero-order valence-electron chi connectivity index (χ0n) is 19.5. The number of aromatic nitrogens is 7. The fraction of sp³-hybridized carbons (Fsp3) is 0.280. The van der Waals surface area contributed by atoms with Crippen molar-refractivity contribution in [3.63, 3.8) is 0 Å². The maximum Gasteiger partial charge on any atom is 0.253 e. The van der Waals surface area contributed by atoms with Gasteiger partial charge in [0.05, 0.1) is 30.1 Å². The third kappa shape index (κ3) is 3.54. The van der Waals surface area contributed by atoms with E-state index in [-0.39, 0.29) is 0 Å². The van der Waals surface area contributed by atoms with Crippen molar-refractivity contribution in [1.82, 2.24) is 34.1 Å². The van der Waals surface area contributed by atoms with Crippen LogP contribution in [0.1, 0.15) is 5.56 Å². The molecule has 0 N–H and O–H groups in total. The molecule has 0 aliphatic carbocycles. The summed E-state index contributed by atoms with van der Waals surface area (Å²) in [6.45, 7) is 5.00. The number of fused-ring (bicyclic) bond motifs is 1. The summed E-state index contributed by atoms with van der Waals surface area (Å²) in [5, 5.41) is 9.40. The number of hydrogen-bond acceptors (Lipinski definition) is 6. The Bertz CT molecular complexity index is 1490. The Morgan fingerprint density at radius 2 is 1.71 bits per heavy atom. The van der Waals surface area contributed by atoms with Crippen LogP contribution in [0.3, 0.4) is 0 Å². The van der Waals surface area contributed by atoms with Crippen molar-refractivity contribution in [1.29, 1.82) is 0 Å². The summed E-state index contributed by atoms with van der Waals surface area (Å²) in [6.07, 6.45) is 3.87. The molecule has 1 saturated heterocycles. The van der Waals surface area contributed by atoms with Crippen LogP contribution < -0.4 is 4.90 Å². The van der Waals surface area contributed by atoms with E-state index in [1.165, 1.54) is 5.56 Å². The van der Waals surface area contributed by atoms with Gasteiger partial charge in [0, 0.05) is 45.1 Å². The van der Waals surface area contributed by atoms with E-state index in [1.54, 1.807) is 4.68 Å². The molecular weight excluding hydrogens is 428 g/mol.